The number of halogens is 5. The van der Waals surface area contributed by atoms with Crippen LogP contribution in [-0.2, 0) is 11.0 Å². The fourth-order valence-electron chi connectivity index (χ4n) is 2.27. The highest BCUT2D eigenvalue weighted by molar-refractivity contribution is 8.27. The summed E-state index contributed by atoms with van der Waals surface area (Å²) in [5.74, 6) is -0.509. The van der Waals surface area contributed by atoms with Crippen molar-refractivity contribution < 1.29 is 18.0 Å². The van der Waals surface area contributed by atoms with E-state index in [1.165, 1.54) is 24.3 Å². The second-order valence-electron chi connectivity index (χ2n) is 5.23. The molecule has 1 fully saturated rings. The number of rotatable bonds is 2. The Kier molecular flexibility index (Phi) is 5.35. The van der Waals surface area contributed by atoms with Gasteiger partial charge in [-0.3, -0.25) is 9.69 Å². The average Bonchev–Trinajstić information content (AvgIpc) is 2.83. The van der Waals surface area contributed by atoms with Gasteiger partial charge in [-0.05, 0) is 42.0 Å². The molecule has 0 bridgehead atoms. The van der Waals surface area contributed by atoms with E-state index in [1.54, 1.807) is 12.1 Å². The van der Waals surface area contributed by atoms with Crippen LogP contribution in [0.2, 0.25) is 10.0 Å². The lowest BCUT2D eigenvalue weighted by Gasteiger charge is -2.16. The molecule has 0 atom stereocenters. The third kappa shape index (κ3) is 3.91. The van der Waals surface area contributed by atoms with Crippen LogP contribution < -0.4 is 4.90 Å². The molecular formula is C17H8Cl2F3NOS2. The molecule has 0 radical (unpaired) electrons. The number of benzene rings is 2. The van der Waals surface area contributed by atoms with Gasteiger partial charge in [0.15, 0.2) is 4.32 Å². The lowest BCUT2D eigenvalue weighted by molar-refractivity contribution is -0.137. The number of alkyl halides is 3. The Bertz CT molecular complexity index is 944. The first-order valence-corrected chi connectivity index (χ1v) is 9.05. The van der Waals surface area contributed by atoms with Crippen molar-refractivity contribution in [1.29, 1.82) is 0 Å². The van der Waals surface area contributed by atoms with Crippen LogP contribution in [0, 0.1) is 0 Å². The van der Waals surface area contributed by atoms with Crippen molar-refractivity contribution in [3.05, 3.63) is 68.5 Å². The Labute approximate surface area is 166 Å². The minimum absolute atomic E-state index is 0.0629. The van der Waals surface area contributed by atoms with Gasteiger partial charge in [0.25, 0.3) is 5.91 Å². The summed E-state index contributed by atoms with van der Waals surface area (Å²) >= 11 is 18.1. The molecule has 2 nitrogen and oxygen atoms in total. The van der Waals surface area contributed by atoms with E-state index in [0.717, 1.165) is 28.8 Å². The maximum atomic E-state index is 12.9. The van der Waals surface area contributed by atoms with Crippen LogP contribution >= 0.6 is 47.2 Å². The zero-order valence-corrected chi connectivity index (χ0v) is 15.8. The van der Waals surface area contributed by atoms with Gasteiger partial charge in [0.05, 0.1) is 16.2 Å². The molecule has 1 heterocycles. The normalized spacial score (nSPS) is 16.7. The summed E-state index contributed by atoms with van der Waals surface area (Å²) in [5.41, 5.74) is -0.234. The standard InChI is InChI=1S/C17H8Cl2F3NOS2/c18-11-5-4-9(13(19)8-11)6-14-15(24)23(16(25)26-14)12-3-1-2-10(7-12)17(20,21)22/h1-8H/b14-6-. The first-order valence-electron chi connectivity index (χ1n) is 7.07. The van der Waals surface area contributed by atoms with Crippen molar-refractivity contribution in [3.63, 3.8) is 0 Å². The number of hydrogen-bond donors (Lipinski definition) is 0. The summed E-state index contributed by atoms with van der Waals surface area (Å²) in [7, 11) is 0. The van der Waals surface area contributed by atoms with Crippen LogP contribution in [0.1, 0.15) is 11.1 Å². The summed E-state index contributed by atoms with van der Waals surface area (Å²) in [6.45, 7) is 0. The number of carbonyl (C=O) groups excluding carboxylic acids is 1. The minimum atomic E-state index is -4.51. The van der Waals surface area contributed by atoms with Crippen LogP contribution in [0.5, 0.6) is 0 Å². The van der Waals surface area contributed by atoms with E-state index in [0.29, 0.717) is 15.6 Å². The zero-order chi connectivity index (χ0) is 19.1. The van der Waals surface area contributed by atoms with Gasteiger partial charge in [-0.1, -0.05) is 59.3 Å². The molecule has 1 saturated heterocycles. The van der Waals surface area contributed by atoms with Crippen LogP contribution in [0.25, 0.3) is 6.08 Å². The van der Waals surface area contributed by atoms with Gasteiger partial charge < -0.3 is 0 Å². The maximum Gasteiger partial charge on any atom is 0.416 e. The minimum Gasteiger partial charge on any atom is -0.268 e. The third-order valence-corrected chi connectivity index (χ3v) is 5.34. The second-order valence-corrected chi connectivity index (χ2v) is 7.75. The molecule has 134 valence electrons. The molecule has 0 spiro atoms. The molecule has 3 rings (SSSR count). The van der Waals surface area contributed by atoms with Gasteiger partial charge in [-0.25, -0.2) is 0 Å². The number of amides is 1. The number of carbonyl (C=O) groups is 1. The van der Waals surface area contributed by atoms with Gasteiger partial charge in [-0.2, -0.15) is 13.2 Å². The van der Waals surface area contributed by atoms with Gasteiger partial charge in [0, 0.05) is 10.0 Å². The van der Waals surface area contributed by atoms with Crippen LogP contribution in [-0.4, -0.2) is 10.2 Å². The highest BCUT2D eigenvalue weighted by Crippen LogP contribution is 2.39. The van der Waals surface area contributed by atoms with Crippen LogP contribution in [0.15, 0.2) is 47.4 Å². The van der Waals surface area contributed by atoms with E-state index >= 15 is 0 Å². The maximum absolute atomic E-state index is 12.9. The molecule has 0 unspecified atom stereocenters. The van der Waals surface area contributed by atoms with Crippen molar-refractivity contribution in [3.8, 4) is 0 Å². The Morgan fingerprint density at radius 3 is 2.50 bits per heavy atom. The number of thiocarbonyl (C=S) groups is 1. The van der Waals surface area contributed by atoms with Crippen molar-refractivity contribution in [1.82, 2.24) is 0 Å². The predicted octanol–water partition coefficient (Wildman–Crippen LogP) is 6.42. The average molecular weight is 434 g/mol. The number of anilines is 1. The second kappa shape index (κ2) is 7.23. The van der Waals surface area contributed by atoms with E-state index in [2.05, 4.69) is 0 Å². The molecule has 1 aliphatic heterocycles. The Morgan fingerprint density at radius 2 is 1.85 bits per heavy atom. The topological polar surface area (TPSA) is 20.3 Å². The van der Waals surface area contributed by atoms with E-state index in [9.17, 15) is 18.0 Å². The van der Waals surface area contributed by atoms with E-state index in [1.807, 2.05) is 0 Å². The molecule has 1 aliphatic rings. The molecule has 0 aliphatic carbocycles. The predicted molar refractivity (Wildman–Crippen MR) is 104 cm³/mol. The molecule has 0 saturated carbocycles. The Hall–Kier alpha value is -1.54. The zero-order valence-electron chi connectivity index (χ0n) is 12.7. The quantitative estimate of drug-likeness (QED) is 0.402. The molecule has 0 aromatic heterocycles. The summed E-state index contributed by atoms with van der Waals surface area (Å²) in [5, 5.41) is 0.797. The molecule has 2 aromatic carbocycles. The van der Waals surface area contributed by atoms with E-state index in [-0.39, 0.29) is 14.9 Å². The summed E-state index contributed by atoms with van der Waals surface area (Å²) in [6, 6.07) is 9.25. The van der Waals surface area contributed by atoms with Gasteiger partial charge >= 0.3 is 6.18 Å². The van der Waals surface area contributed by atoms with Crippen LogP contribution in [0.3, 0.4) is 0 Å². The fourth-order valence-corrected chi connectivity index (χ4v) is 4.02. The molecular weight excluding hydrogens is 426 g/mol. The first kappa shape index (κ1) is 19.2. The fraction of sp³-hybridized carbons (Fsp3) is 0.0588. The molecule has 26 heavy (non-hydrogen) atoms. The van der Waals surface area contributed by atoms with Gasteiger partial charge in [0.2, 0.25) is 0 Å². The van der Waals surface area contributed by atoms with Crippen molar-refractivity contribution in [2.45, 2.75) is 6.18 Å². The van der Waals surface area contributed by atoms with Gasteiger partial charge in [-0.15, -0.1) is 0 Å². The molecule has 1 amide bonds. The van der Waals surface area contributed by atoms with Crippen LogP contribution in [0.4, 0.5) is 18.9 Å². The highest BCUT2D eigenvalue weighted by Gasteiger charge is 2.36. The molecule has 9 heteroatoms. The monoisotopic (exact) mass is 433 g/mol. The highest BCUT2D eigenvalue weighted by atomic mass is 35.5. The Morgan fingerprint density at radius 1 is 1.12 bits per heavy atom. The summed E-state index contributed by atoms with van der Waals surface area (Å²) in [6.07, 6.45) is -2.98. The number of nitrogens with zero attached hydrogens (tertiary/aromatic N) is 1. The molecule has 0 N–H and O–H groups in total. The van der Waals surface area contributed by atoms with Gasteiger partial charge in [0.1, 0.15) is 0 Å². The molecule has 2 aromatic rings. The van der Waals surface area contributed by atoms with Crippen molar-refractivity contribution in [2.75, 3.05) is 4.90 Å². The lowest BCUT2D eigenvalue weighted by atomic mass is 10.1. The third-order valence-electron chi connectivity index (χ3n) is 3.47. The summed E-state index contributed by atoms with van der Waals surface area (Å²) in [4.78, 5) is 14.0. The Balaban J connectivity index is 1.96. The number of thioether (sulfide) groups is 1. The summed E-state index contributed by atoms with van der Waals surface area (Å²) < 4.78 is 38.9. The first-order chi connectivity index (χ1) is 12.2. The van der Waals surface area contributed by atoms with E-state index < -0.39 is 17.6 Å². The number of hydrogen-bond acceptors (Lipinski definition) is 3. The lowest BCUT2D eigenvalue weighted by Crippen LogP contribution is -2.27. The van der Waals surface area contributed by atoms with Crippen molar-refractivity contribution >= 4 is 69.2 Å². The van der Waals surface area contributed by atoms with E-state index in [4.69, 9.17) is 35.4 Å². The smallest absolute Gasteiger partial charge is 0.268 e. The SMILES string of the molecule is O=C1/C(=C/c2ccc(Cl)cc2Cl)SC(=S)N1c1cccc(C(F)(F)F)c1. The largest absolute Gasteiger partial charge is 0.416 e. The van der Waals surface area contributed by atoms with Crippen molar-refractivity contribution in [2.24, 2.45) is 0 Å².